The average molecular weight is 414 g/mol. The third-order valence-electron chi connectivity index (χ3n) is 2.80. The lowest BCUT2D eigenvalue weighted by Gasteiger charge is -2.05. The smallest absolute Gasteiger partial charge is 0.234 e. The summed E-state index contributed by atoms with van der Waals surface area (Å²) >= 11 is 12.3. The lowest BCUT2D eigenvalue weighted by molar-refractivity contribution is -0.113. The first kappa shape index (κ1) is 15.8. The van der Waals surface area contributed by atoms with Gasteiger partial charge in [0.15, 0.2) is 4.34 Å². The summed E-state index contributed by atoms with van der Waals surface area (Å²) in [5.74, 6) is 0.249. The molecule has 0 unspecified atom stereocenters. The number of nitrogens with zero attached hydrogens (tertiary/aromatic N) is 1. The van der Waals surface area contributed by atoms with Crippen LogP contribution in [0.1, 0.15) is 0 Å². The number of rotatable bonds is 4. The molecule has 3 aromatic rings. The number of hydrogen-bond acceptors (Lipinski definition) is 4. The summed E-state index contributed by atoms with van der Waals surface area (Å²) in [6.45, 7) is 0. The Kier molecular flexibility index (Phi) is 5.03. The molecule has 0 aliphatic heterocycles. The van der Waals surface area contributed by atoms with Crippen molar-refractivity contribution in [3.63, 3.8) is 0 Å². The predicted octanol–water partition coefficient (Wildman–Crippen LogP) is 5.44. The van der Waals surface area contributed by atoms with Gasteiger partial charge in [0.2, 0.25) is 5.91 Å². The van der Waals surface area contributed by atoms with Crippen LogP contribution in [0.5, 0.6) is 0 Å². The molecular weight excluding hydrogens is 404 g/mol. The fourth-order valence-electron chi connectivity index (χ4n) is 1.81. The van der Waals surface area contributed by atoms with Crippen LogP contribution >= 0.6 is 50.6 Å². The molecule has 1 N–H and O–H groups in total. The largest absolute Gasteiger partial charge is 0.325 e. The molecule has 1 aromatic heterocycles. The fourth-order valence-corrected chi connectivity index (χ4v) is 4.18. The minimum atomic E-state index is -0.0709. The van der Waals surface area contributed by atoms with Crippen LogP contribution in [-0.4, -0.2) is 16.6 Å². The van der Waals surface area contributed by atoms with Gasteiger partial charge in [0.25, 0.3) is 0 Å². The maximum absolute atomic E-state index is 12.0. The Hall–Kier alpha value is -1.08. The Morgan fingerprint density at radius 1 is 1.32 bits per heavy atom. The Morgan fingerprint density at radius 3 is 2.91 bits per heavy atom. The molecule has 0 spiro atoms. The number of carbonyl (C=O) groups excluding carboxylic acids is 1. The highest BCUT2D eigenvalue weighted by molar-refractivity contribution is 9.10. The summed E-state index contributed by atoms with van der Waals surface area (Å²) < 4.78 is 2.78. The highest BCUT2D eigenvalue weighted by atomic mass is 79.9. The van der Waals surface area contributed by atoms with Gasteiger partial charge in [0.1, 0.15) is 0 Å². The van der Waals surface area contributed by atoms with Gasteiger partial charge in [0, 0.05) is 10.2 Å². The van der Waals surface area contributed by atoms with Crippen LogP contribution in [0.25, 0.3) is 10.2 Å². The molecule has 22 heavy (non-hydrogen) atoms. The molecule has 1 amide bonds. The first-order chi connectivity index (χ1) is 10.6. The van der Waals surface area contributed by atoms with E-state index < -0.39 is 0 Å². The van der Waals surface area contributed by atoms with Crippen molar-refractivity contribution in [2.75, 3.05) is 11.1 Å². The maximum atomic E-state index is 12.0. The minimum absolute atomic E-state index is 0.0709. The van der Waals surface area contributed by atoms with Gasteiger partial charge in [-0.3, -0.25) is 4.79 Å². The molecular formula is C15H10BrClN2OS2. The number of fused-ring (bicyclic) bond motifs is 1. The van der Waals surface area contributed by atoms with E-state index in [9.17, 15) is 4.79 Å². The molecule has 0 atom stereocenters. The van der Waals surface area contributed by atoms with E-state index in [-0.39, 0.29) is 5.91 Å². The number of thiazole rings is 1. The summed E-state index contributed by atoms with van der Waals surface area (Å²) in [7, 11) is 0. The minimum Gasteiger partial charge on any atom is -0.325 e. The zero-order valence-corrected chi connectivity index (χ0v) is 15.2. The molecule has 3 rings (SSSR count). The molecule has 0 saturated heterocycles. The number of amides is 1. The number of hydrogen-bond donors (Lipinski definition) is 1. The lowest BCUT2D eigenvalue weighted by Crippen LogP contribution is -2.13. The van der Waals surface area contributed by atoms with Crippen LogP contribution in [0.4, 0.5) is 5.69 Å². The van der Waals surface area contributed by atoms with E-state index in [1.807, 2.05) is 24.3 Å². The molecule has 1 heterocycles. The van der Waals surface area contributed by atoms with Crippen molar-refractivity contribution in [3.8, 4) is 0 Å². The maximum Gasteiger partial charge on any atom is 0.234 e. The second-order valence-corrected chi connectivity index (χ2v) is 7.93. The van der Waals surface area contributed by atoms with E-state index in [1.54, 1.807) is 29.5 Å². The first-order valence-electron chi connectivity index (χ1n) is 6.35. The molecule has 0 fully saturated rings. The van der Waals surface area contributed by atoms with Crippen LogP contribution in [0, 0.1) is 0 Å². The van der Waals surface area contributed by atoms with Crippen molar-refractivity contribution in [2.24, 2.45) is 0 Å². The standard InChI is InChI=1S/C15H10BrClN2OS2/c16-10-7-9(5-6-11(10)17)18-14(20)8-21-15-19-12-3-1-2-4-13(12)22-15/h1-7H,8H2,(H,18,20). The second kappa shape index (κ2) is 7.00. The molecule has 0 saturated carbocycles. The van der Waals surface area contributed by atoms with Crippen LogP contribution in [0.2, 0.25) is 5.02 Å². The van der Waals surface area contributed by atoms with Gasteiger partial charge in [-0.1, -0.05) is 35.5 Å². The quantitative estimate of drug-likeness (QED) is 0.579. The van der Waals surface area contributed by atoms with Crippen molar-refractivity contribution in [3.05, 3.63) is 52.0 Å². The number of benzene rings is 2. The molecule has 0 aliphatic rings. The SMILES string of the molecule is O=C(CSc1nc2ccccc2s1)Nc1ccc(Cl)c(Br)c1. The van der Waals surface area contributed by atoms with Gasteiger partial charge in [-0.05, 0) is 46.3 Å². The Morgan fingerprint density at radius 2 is 2.14 bits per heavy atom. The molecule has 112 valence electrons. The van der Waals surface area contributed by atoms with Gasteiger partial charge >= 0.3 is 0 Å². The fraction of sp³-hybridized carbons (Fsp3) is 0.0667. The van der Waals surface area contributed by atoms with E-state index in [1.165, 1.54) is 11.8 Å². The van der Waals surface area contributed by atoms with Crippen LogP contribution < -0.4 is 5.32 Å². The van der Waals surface area contributed by atoms with E-state index in [0.29, 0.717) is 16.5 Å². The van der Waals surface area contributed by atoms with E-state index in [4.69, 9.17) is 11.6 Å². The van der Waals surface area contributed by atoms with E-state index in [0.717, 1.165) is 19.0 Å². The van der Waals surface area contributed by atoms with Crippen LogP contribution in [0.3, 0.4) is 0 Å². The molecule has 2 aromatic carbocycles. The Bertz CT molecular complexity index is 804. The van der Waals surface area contributed by atoms with Gasteiger partial charge in [-0.15, -0.1) is 11.3 Å². The monoisotopic (exact) mass is 412 g/mol. The number of para-hydroxylation sites is 1. The summed E-state index contributed by atoms with van der Waals surface area (Å²) in [5, 5.41) is 3.46. The Labute approximate surface area is 149 Å². The highest BCUT2D eigenvalue weighted by Gasteiger charge is 2.08. The van der Waals surface area contributed by atoms with Crippen LogP contribution in [-0.2, 0) is 4.79 Å². The normalized spacial score (nSPS) is 10.8. The zero-order chi connectivity index (χ0) is 15.5. The summed E-state index contributed by atoms with van der Waals surface area (Å²) in [6.07, 6.45) is 0. The van der Waals surface area contributed by atoms with Crippen molar-refractivity contribution in [1.29, 1.82) is 0 Å². The van der Waals surface area contributed by atoms with Crippen molar-refractivity contribution >= 4 is 72.4 Å². The van der Waals surface area contributed by atoms with Gasteiger partial charge in [-0.25, -0.2) is 4.98 Å². The first-order valence-corrected chi connectivity index (χ1v) is 9.32. The molecule has 0 aliphatic carbocycles. The number of nitrogens with one attached hydrogen (secondary N) is 1. The van der Waals surface area contributed by atoms with Crippen molar-refractivity contribution < 1.29 is 4.79 Å². The lowest BCUT2D eigenvalue weighted by atomic mass is 10.3. The highest BCUT2D eigenvalue weighted by Crippen LogP contribution is 2.29. The number of anilines is 1. The van der Waals surface area contributed by atoms with Crippen molar-refractivity contribution in [1.82, 2.24) is 4.98 Å². The molecule has 0 bridgehead atoms. The van der Waals surface area contributed by atoms with Gasteiger partial charge in [0.05, 0.1) is 21.0 Å². The molecule has 7 heteroatoms. The second-order valence-electron chi connectivity index (χ2n) is 4.41. The number of thioether (sulfide) groups is 1. The number of halogens is 2. The Balaban J connectivity index is 1.60. The third kappa shape index (κ3) is 3.81. The van der Waals surface area contributed by atoms with Crippen LogP contribution in [0.15, 0.2) is 51.3 Å². The summed E-state index contributed by atoms with van der Waals surface area (Å²) in [6, 6.07) is 13.2. The summed E-state index contributed by atoms with van der Waals surface area (Å²) in [5.41, 5.74) is 1.68. The van der Waals surface area contributed by atoms with Crippen molar-refractivity contribution in [2.45, 2.75) is 4.34 Å². The predicted molar refractivity (Wildman–Crippen MR) is 98.1 cm³/mol. The summed E-state index contributed by atoms with van der Waals surface area (Å²) in [4.78, 5) is 16.5. The topological polar surface area (TPSA) is 42.0 Å². The zero-order valence-electron chi connectivity index (χ0n) is 11.2. The molecule has 0 radical (unpaired) electrons. The number of aromatic nitrogens is 1. The van der Waals surface area contributed by atoms with E-state index >= 15 is 0 Å². The van der Waals surface area contributed by atoms with E-state index in [2.05, 4.69) is 26.2 Å². The van der Waals surface area contributed by atoms with Gasteiger partial charge < -0.3 is 5.32 Å². The number of carbonyl (C=O) groups is 1. The average Bonchev–Trinajstić information content (AvgIpc) is 2.92. The molecule has 3 nitrogen and oxygen atoms in total. The van der Waals surface area contributed by atoms with Gasteiger partial charge in [-0.2, -0.15) is 0 Å². The third-order valence-corrected chi connectivity index (χ3v) is 6.20.